The molecule has 1 atom stereocenters. The largest absolute Gasteiger partial charge is 0.445 e. The van der Waals surface area contributed by atoms with Crippen molar-refractivity contribution in [3.05, 3.63) is 65.0 Å². The van der Waals surface area contributed by atoms with Crippen LogP contribution >= 0.6 is 0 Å². The van der Waals surface area contributed by atoms with E-state index in [0.29, 0.717) is 16.8 Å². The predicted octanol–water partition coefficient (Wildman–Crippen LogP) is 3.50. The van der Waals surface area contributed by atoms with Crippen LogP contribution in [0.2, 0.25) is 0 Å². The van der Waals surface area contributed by atoms with Crippen molar-refractivity contribution >= 4 is 17.6 Å². The Kier molecular flexibility index (Phi) is 4.09. The maximum atomic E-state index is 13.4. The molecule has 1 amide bonds. The molecule has 0 bridgehead atoms. The summed E-state index contributed by atoms with van der Waals surface area (Å²) in [6.45, 7) is 3.58. The zero-order chi connectivity index (χ0) is 17.3. The van der Waals surface area contributed by atoms with E-state index in [4.69, 9.17) is 4.74 Å². The lowest BCUT2D eigenvalue weighted by Crippen LogP contribution is -2.48. The zero-order valence-electron chi connectivity index (χ0n) is 13.6. The monoisotopic (exact) mass is 327 g/mol. The topological polar surface area (TPSA) is 55.4 Å². The summed E-state index contributed by atoms with van der Waals surface area (Å²) in [6.07, 6.45) is 1.04. The van der Waals surface area contributed by atoms with E-state index in [1.807, 2.05) is 19.1 Å². The Morgan fingerprint density at radius 1 is 1.25 bits per heavy atom. The molecule has 2 aromatic rings. The van der Waals surface area contributed by atoms with Gasteiger partial charge < -0.3 is 10.1 Å². The standard InChI is InChI=1S/C19H18FNO3/c1-3-12-4-7-15(8-5-12)21-18(23)19(2)11-13-10-14(20)6-9-16(13)17(22)24-19/h4-10H,3,11H2,1-2H3,(H,21,23). The van der Waals surface area contributed by atoms with Gasteiger partial charge in [0.25, 0.3) is 5.91 Å². The van der Waals surface area contributed by atoms with Crippen LogP contribution < -0.4 is 5.32 Å². The molecule has 0 aromatic heterocycles. The van der Waals surface area contributed by atoms with E-state index >= 15 is 0 Å². The molecule has 1 heterocycles. The molecule has 24 heavy (non-hydrogen) atoms. The average Bonchev–Trinajstić information content (AvgIpc) is 2.55. The Morgan fingerprint density at radius 2 is 1.96 bits per heavy atom. The minimum atomic E-state index is -1.37. The van der Waals surface area contributed by atoms with Gasteiger partial charge >= 0.3 is 5.97 Å². The number of halogens is 1. The van der Waals surface area contributed by atoms with Crippen molar-refractivity contribution in [3.8, 4) is 0 Å². The maximum absolute atomic E-state index is 13.4. The SMILES string of the molecule is CCc1ccc(NC(=O)C2(C)Cc3cc(F)ccc3C(=O)O2)cc1. The lowest BCUT2D eigenvalue weighted by Gasteiger charge is -2.33. The molecule has 124 valence electrons. The molecule has 0 saturated heterocycles. The highest BCUT2D eigenvalue weighted by molar-refractivity contribution is 6.02. The highest BCUT2D eigenvalue weighted by Gasteiger charge is 2.42. The third-order valence-electron chi connectivity index (χ3n) is 4.23. The molecule has 0 saturated carbocycles. The fourth-order valence-electron chi connectivity index (χ4n) is 2.78. The Bertz CT molecular complexity index is 801. The first-order chi connectivity index (χ1) is 11.4. The maximum Gasteiger partial charge on any atom is 0.339 e. The number of aryl methyl sites for hydroxylation is 1. The average molecular weight is 327 g/mol. The van der Waals surface area contributed by atoms with Crippen molar-refractivity contribution in [1.82, 2.24) is 0 Å². The van der Waals surface area contributed by atoms with Crippen molar-refractivity contribution in [3.63, 3.8) is 0 Å². The number of cyclic esters (lactones) is 1. The summed E-state index contributed by atoms with van der Waals surface area (Å²) in [4.78, 5) is 24.7. The molecule has 0 aliphatic carbocycles. The Morgan fingerprint density at radius 3 is 2.62 bits per heavy atom. The van der Waals surface area contributed by atoms with Gasteiger partial charge in [0, 0.05) is 12.1 Å². The highest BCUT2D eigenvalue weighted by atomic mass is 19.1. The number of amides is 1. The summed E-state index contributed by atoms with van der Waals surface area (Å²) in [5.74, 6) is -1.49. The van der Waals surface area contributed by atoms with E-state index in [-0.39, 0.29) is 6.42 Å². The zero-order valence-corrected chi connectivity index (χ0v) is 13.6. The van der Waals surface area contributed by atoms with E-state index in [9.17, 15) is 14.0 Å². The predicted molar refractivity (Wildman–Crippen MR) is 88.4 cm³/mol. The van der Waals surface area contributed by atoms with Crippen LogP contribution in [0, 0.1) is 5.82 Å². The number of rotatable bonds is 3. The van der Waals surface area contributed by atoms with Gasteiger partial charge in [-0.15, -0.1) is 0 Å². The van der Waals surface area contributed by atoms with Gasteiger partial charge in [0.1, 0.15) is 5.82 Å². The van der Waals surface area contributed by atoms with Crippen LogP contribution in [-0.2, 0) is 22.4 Å². The van der Waals surface area contributed by atoms with Crippen molar-refractivity contribution in [2.24, 2.45) is 0 Å². The van der Waals surface area contributed by atoms with Crippen LogP contribution in [0.3, 0.4) is 0 Å². The number of benzene rings is 2. The summed E-state index contributed by atoms with van der Waals surface area (Å²) in [7, 11) is 0. The lowest BCUT2D eigenvalue weighted by atomic mass is 9.89. The van der Waals surface area contributed by atoms with Crippen molar-refractivity contribution in [1.29, 1.82) is 0 Å². The Labute approximate surface area is 139 Å². The number of nitrogens with one attached hydrogen (secondary N) is 1. The molecule has 4 nitrogen and oxygen atoms in total. The van der Waals surface area contributed by atoms with Gasteiger partial charge in [-0.25, -0.2) is 9.18 Å². The van der Waals surface area contributed by atoms with Crippen LogP contribution in [0.25, 0.3) is 0 Å². The number of anilines is 1. The third kappa shape index (κ3) is 3.02. The molecular weight excluding hydrogens is 309 g/mol. The molecule has 1 aliphatic heterocycles. The van der Waals surface area contributed by atoms with E-state index in [1.165, 1.54) is 25.1 Å². The van der Waals surface area contributed by atoms with Gasteiger partial charge in [0.15, 0.2) is 5.60 Å². The fraction of sp³-hybridized carbons (Fsp3) is 0.263. The van der Waals surface area contributed by atoms with E-state index in [2.05, 4.69) is 5.32 Å². The van der Waals surface area contributed by atoms with Crippen LogP contribution in [0.15, 0.2) is 42.5 Å². The van der Waals surface area contributed by atoms with Crippen molar-refractivity contribution < 1.29 is 18.7 Å². The quantitative estimate of drug-likeness (QED) is 0.878. The summed E-state index contributed by atoms with van der Waals surface area (Å²) >= 11 is 0. The van der Waals surface area contributed by atoms with E-state index in [1.54, 1.807) is 12.1 Å². The molecule has 5 heteroatoms. The third-order valence-corrected chi connectivity index (χ3v) is 4.23. The number of ether oxygens (including phenoxy) is 1. The summed E-state index contributed by atoms with van der Waals surface area (Å²) in [6, 6.07) is 11.3. The van der Waals surface area contributed by atoms with Crippen molar-refractivity contribution in [2.45, 2.75) is 32.3 Å². The van der Waals surface area contributed by atoms with Crippen molar-refractivity contribution in [2.75, 3.05) is 5.32 Å². The Hall–Kier alpha value is -2.69. The molecule has 0 fully saturated rings. The highest BCUT2D eigenvalue weighted by Crippen LogP contribution is 2.30. The van der Waals surface area contributed by atoms with Crippen LogP contribution in [0.1, 0.15) is 35.3 Å². The first-order valence-corrected chi connectivity index (χ1v) is 7.83. The van der Waals surface area contributed by atoms with Gasteiger partial charge in [-0.2, -0.15) is 0 Å². The summed E-state index contributed by atoms with van der Waals surface area (Å²) < 4.78 is 18.8. The van der Waals surface area contributed by atoms with Gasteiger partial charge in [-0.05, 0) is 54.8 Å². The number of esters is 1. The van der Waals surface area contributed by atoms with Gasteiger partial charge in [0.05, 0.1) is 5.56 Å². The van der Waals surface area contributed by atoms with Crippen LogP contribution in [0.5, 0.6) is 0 Å². The molecular formula is C19H18FNO3. The number of hydrogen-bond donors (Lipinski definition) is 1. The molecule has 1 aliphatic rings. The smallest absolute Gasteiger partial charge is 0.339 e. The van der Waals surface area contributed by atoms with Gasteiger partial charge in [0.2, 0.25) is 0 Å². The van der Waals surface area contributed by atoms with Gasteiger partial charge in [-0.1, -0.05) is 19.1 Å². The molecule has 1 N–H and O–H groups in total. The second-order valence-electron chi connectivity index (χ2n) is 6.10. The van der Waals surface area contributed by atoms with Crippen LogP contribution in [0.4, 0.5) is 10.1 Å². The van der Waals surface area contributed by atoms with E-state index in [0.717, 1.165) is 12.0 Å². The Balaban J connectivity index is 1.82. The van der Waals surface area contributed by atoms with E-state index < -0.39 is 23.3 Å². The van der Waals surface area contributed by atoms with Crippen LogP contribution in [-0.4, -0.2) is 17.5 Å². The molecule has 3 rings (SSSR count). The minimum Gasteiger partial charge on any atom is -0.445 e. The molecule has 0 spiro atoms. The normalized spacial score (nSPS) is 19.4. The first-order valence-electron chi connectivity index (χ1n) is 7.83. The molecule has 1 unspecified atom stereocenters. The van der Waals surface area contributed by atoms with Gasteiger partial charge in [-0.3, -0.25) is 4.79 Å². The summed E-state index contributed by atoms with van der Waals surface area (Å²) in [5, 5.41) is 2.76. The second kappa shape index (κ2) is 6.07. The number of carbonyl (C=O) groups is 2. The molecule has 2 aromatic carbocycles. The minimum absolute atomic E-state index is 0.130. The number of fused-ring (bicyclic) bond motifs is 1. The number of hydrogen-bond acceptors (Lipinski definition) is 3. The molecule has 0 radical (unpaired) electrons. The first kappa shape index (κ1) is 16.2. The lowest BCUT2D eigenvalue weighted by molar-refractivity contribution is -0.134. The summed E-state index contributed by atoms with van der Waals surface area (Å²) in [5.41, 5.74) is 1.19. The number of carbonyl (C=O) groups excluding carboxylic acids is 2. The fourth-order valence-corrected chi connectivity index (χ4v) is 2.78. The second-order valence-corrected chi connectivity index (χ2v) is 6.10.